The summed E-state index contributed by atoms with van der Waals surface area (Å²) in [4.78, 5) is 0. The Bertz CT molecular complexity index is 753. The first-order valence-corrected chi connectivity index (χ1v) is 7.79. The highest BCUT2D eigenvalue weighted by atomic mass is 16.5. The van der Waals surface area contributed by atoms with E-state index in [2.05, 4.69) is 29.6 Å². The van der Waals surface area contributed by atoms with E-state index in [0.717, 1.165) is 36.1 Å². The molecule has 2 aromatic carbocycles. The van der Waals surface area contributed by atoms with Crippen LogP contribution in [0.3, 0.4) is 0 Å². The zero-order chi connectivity index (χ0) is 14.8. The van der Waals surface area contributed by atoms with E-state index in [1.165, 1.54) is 11.1 Å². The van der Waals surface area contributed by atoms with E-state index >= 15 is 0 Å². The fraction of sp³-hybridized carbons (Fsp3) is 0.263. The van der Waals surface area contributed by atoms with Gasteiger partial charge in [-0.3, -0.25) is 0 Å². The van der Waals surface area contributed by atoms with Gasteiger partial charge in [-0.25, -0.2) is 0 Å². The van der Waals surface area contributed by atoms with Gasteiger partial charge in [-0.1, -0.05) is 36.4 Å². The van der Waals surface area contributed by atoms with Crippen molar-refractivity contribution in [1.29, 1.82) is 0 Å². The second-order valence-corrected chi connectivity index (χ2v) is 5.77. The van der Waals surface area contributed by atoms with Crippen molar-refractivity contribution < 1.29 is 9.15 Å². The molecular formula is C19H19NO2. The Morgan fingerprint density at radius 2 is 1.82 bits per heavy atom. The lowest BCUT2D eigenvalue weighted by molar-refractivity contribution is 0.305. The molecule has 1 aromatic heterocycles. The Morgan fingerprint density at radius 1 is 1.00 bits per heavy atom. The minimum absolute atomic E-state index is 0.528. The summed E-state index contributed by atoms with van der Waals surface area (Å²) in [6, 6.07) is 17.2. The Morgan fingerprint density at radius 3 is 2.64 bits per heavy atom. The van der Waals surface area contributed by atoms with E-state index < -0.39 is 0 Å². The first-order chi connectivity index (χ1) is 10.9. The van der Waals surface area contributed by atoms with Gasteiger partial charge in [0.25, 0.3) is 0 Å². The van der Waals surface area contributed by atoms with Crippen molar-refractivity contribution in [3.8, 4) is 5.75 Å². The van der Waals surface area contributed by atoms with Crippen LogP contribution in [-0.2, 0) is 12.8 Å². The Balaban J connectivity index is 1.29. The third kappa shape index (κ3) is 2.60. The summed E-state index contributed by atoms with van der Waals surface area (Å²) in [7, 11) is 0. The van der Waals surface area contributed by atoms with Crippen LogP contribution in [0.4, 0.5) is 0 Å². The fourth-order valence-corrected chi connectivity index (χ4v) is 3.21. The molecule has 3 heteroatoms. The molecule has 1 heterocycles. The molecule has 1 aliphatic rings. The van der Waals surface area contributed by atoms with Gasteiger partial charge in [0.15, 0.2) is 11.3 Å². The van der Waals surface area contributed by atoms with Crippen LogP contribution in [-0.4, -0.2) is 19.2 Å². The monoisotopic (exact) mass is 293 g/mol. The molecule has 0 aliphatic heterocycles. The highest BCUT2D eigenvalue weighted by molar-refractivity contribution is 5.82. The molecule has 22 heavy (non-hydrogen) atoms. The standard InChI is InChI=1S/C19H19NO2/c1-2-5-16-13-17(12-15(16)4-1)20-9-11-21-18-7-3-6-14-8-10-22-19(14)18/h1-8,10,17,20H,9,11-13H2. The van der Waals surface area contributed by atoms with Crippen LogP contribution >= 0.6 is 0 Å². The van der Waals surface area contributed by atoms with E-state index in [1.807, 2.05) is 24.3 Å². The maximum Gasteiger partial charge on any atom is 0.175 e. The summed E-state index contributed by atoms with van der Waals surface area (Å²) < 4.78 is 11.3. The molecule has 1 N–H and O–H groups in total. The number of fused-ring (bicyclic) bond motifs is 2. The number of furan rings is 1. The number of ether oxygens (including phenoxy) is 1. The second kappa shape index (κ2) is 5.85. The van der Waals surface area contributed by atoms with Crippen molar-refractivity contribution in [2.75, 3.05) is 13.2 Å². The van der Waals surface area contributed by atoms with Crippen molar-refractivity contribution in [3.63, 3.8) is 0 Å². The van der Waals surface area contributed by atoms with Gasteiger partial charge in [0, 0.05) is 18.0 Å². The lowest BCUT2D eigenvalue weighted by Gasteiger charge is -2.12. The Labute approximate surface area is 129 Å². The fourth-order valence-electron chi connectivity index (χ4n) is 3.21. The second-order valence-electron chi connectivity index (χ2n) is 5.77. The molecule has 4 rings (SSSR count). The largest absolute Gasteiger partial charge is 0.488 e. The Hall–Kier alpha value is -2.26. The number of rotatable bonds is 5. The van der Waals surface area contributed by atoms with Gasteiger partial charge in [-0.2, -0.15) is 0 Å². The van der Waals surface area contributed by atoms with Gasteiger partial charge in [-0.15, -0.1) is 0 Å². The van der Waals surface area contributed by atoms with Crippen LogP contribution in [0.25, 0.3) is 11.0 Å². The molecule has 0 spiro atoms. The molecule has 0 saturated heterocycles. The van der Waals surface area contributed by atoms with E-state index in [4.69, 9.17) is 9.15 Å². The topological polar surface area (TPSA) is 34.4 Å². The van der Waals surface area contributed by atoms with Crippen molar-refractivity contribution >= 4 is 11.0 Å². The molecule has 0 saturated carbocycles. The van der Waals surface area contributed by atoms with E-state index in [1.54, 1.807) is 6.26 Å². The van der Waals surface area contributed by atoms with Crippen LogP contribution in [0, 0.1) is 0 Å². The maximum atomic E-state index is 5.86. The lowest BCUT2D eigenvalue weighted by Crippen LogP contribution is -2.33. The minimum Gasteiger partial charge on any atom is -0.488 e. The summed E-state index contributed by atoms with van der Waals surface area (Å²) in [5.41, 5.74) is 3.78. The lowest BCUT2D eigenvalue weighted by atomic mass is 10.1. The normalized spacial score (nSPS) is 14.4. The third-order valence-electron chi connectivity index (χ3n) is 4.29. The minimum atomic E-state index is 0.528. The zero-order valence-electron chi connectivity index (χ0n) is 12.4. The van der Waals surface area contributed by atoms with E-state index in [0.29, 0.717) is 12.6 Å². The molecule has 3 aromatic rings. The van der Waals surface area contributed by atoms with E-state index in [-0.39, 0.29) is 0 Å². The van der Waals surface area contributed by atoms with Crippen molar-refractivity contribution in [2.45, 2.75) is 18.9 Å². The molecule has 0 radical (unpaired) electrons. The third-order valence-corrected chi connectivity index (χ3v) is 4.29. The molecule has 3 nitrogen and oxygen atoms in total. The highest BCUT2D eigenvalue weighted by Crippen LogP contribution is 2.26. The molecule has 112 valence electrons. The number of benzene rings is 2. The summed E-state index contributed by atoms with van der Waals surface area (Å²) >= 11 is 0. The molecule has 0 fully saturated rings. The molecular weight excluding hydrogens is 274 g/mol. The van der Waals surface area contributed by atoms with Crippen LogP contribution in [0.5, 0.6) is 5.75 Å². The highest BCUT2D eigenvalue weighted by Gasteiger charge is 2.19. The SMILES string of the molecule is c1ccc2c(c1)CC(NCCOc1cccc3ccoc13)C2. The average molecular weight is 293 g/mol. The number of nitrogens with one attached hydrogen (secondary N) is 1. The zero-order valence-corrected chi connectivity index (χ0v) is 12.4. The van der Waals surface area contributed by atoms with Crippen molar-refractivity contribution in [3.05, 3.63) is 65.9 Å². The summed E-state index contributed by atoms with van der Waals surface area (Å²) in [6.07, 6.45) is 3.93. The number of para-hydroxylation sites is 1. The first-order valence-electron chi connectivity index (χ1n) is 7.79. The first kappa shape index (κ1) is 13.4. The molecule has 0 bridgehead atoms. The smallest absolute Gasteiger partial charge is 0.175 e. The van der Waals surface area contributed by atoms with Gasteiger partial charge in [0.1, 0.15) is 6.61 Å². The van der Waals surface area contributed by atoms with Crippen molar-refractivity contribution in [1.82, 2.24) is 5.32 Å². The number of hydrogen-bond donors (Lipinski definition) is 1. The molecule has 0 amide bonds. The predicted octanol–water partition coefficient (Wildman–Crippen LogP) is 3.57. The average Bonchev–Trinajstić information content (AvgIpc) is 3.17. The van der Waals surface area contributed by atoms with Crippen LogP contribution in [0.1, 0.15) is 11.1 Å². The van der Waals surface area contributed by atoms with Crippen LogP contribution < -0.4 is 10.1 Å². The Kier molecular flexibility index (Phi) is 3.57. The summed E-state index contributed by atoms with van der Waals surface area (Å²) in [5.74, 6) is 0.819. The maximum absolute atomic E-state index is 5.86. The molecule has 0 atom stereocenters. The molecule has 0 unspecified atom stereocenters. The van der Waals surface area contributed by atoms with E-state index in [9.17, 15) is 0 Å². The van der Waals surface area contributed by atoms with Gasteiger partial charge in [-0.05, 0) is 36.1 Å². The number of hydrogen-bond acceptors (Lipinski definition) is 3. The van der Waals surface area contributed by atoms with Gasteiger partial charge >= 0.3 is 0 Å². The van der Waals surface area contributed by atoms with Gasteiger partial charge < -0.3 is 14.5 Å². The van der Waals surface area contributed by atoms with Gasteiger partial charge in [0.05, 0.1) is 6.26 Å². The quantitative estimate of drug-likeness (QED) is 0.730. The van der Waals surface area contributed by atoms with Crippen molar-refractivity contribution in [2.24, 2.45) is 0 Å². The van der Waals surface area contributed by atoms with Crippen LogP contribution in [0.15, 0.2) is 59.2 Å². The van der Waals surface area contributed by atoms with Crippen LogP contribution in [0.2, 0.25) is 0 Å². The summed E-state index contributed by atoms with van der Waals surface area (Å²) in [6.45, 7) is 1.49. The predicted molar refractivity (Wildman–Crippen MR) is 87.3 cm³/mol. The summed E-state index contributed by atoms with van der Waals surface area (Å²) in [5, 5.41) is 4.67. The van der Waals surface area contributed by atoms with Gasteiger partial charge in [0.2, 0.25) is 0 Å². The molecule has 1 aliphatic carbocycles.